The standard InChI is InChI=1S/C24H38O6.H3N/c1-5-15(3)24(29)30-21-11-14(2)10-17-7-6-16(4)20(23(17)21)9-8-18(25)12-19(26)13-22(27)28;/h6-7,10,14-16,18-21,23,25-26H,5,8-9,11-13H2,1-4H3,(H,27,28);1H3/t14-,15-,16-,18?,19-,20-,21-,23-;/m0./s1. The first kappa shape index (κ1) is 27.3. The van der Waals surface area contributed by atoms with Gasteiger partial charge in [0.2, 0.25) is 0 Å². The lowest BCUT2D eigenvalue weighted by molar-refractivity contribution is -0.307. The van der Waals surface area contributed by atoms with Crippen LogP contribution in [0.3, 0.4) is 0 Å². The minimum atomic E-state index is -1.32. The summed E-state index contributed by atoms with van der Waals surface area (Å²) >= 11 is 0. The number of ether oxygens (including phenoxy) is 1. The molecule has 178 valence electrons. The molecule has 0 spiro atoms. The molecule has 31 heavy (non-hydrogen) atoms. The molecule has 1 unspecified atom stereocenters. The lowest BCUT2D eigenvalue weighted by Crippen LogP contribution is -2.41. The molecule has 0 aliphatic heterocycles. The molecule has 7 heteroatoms. The van der Waals surface area contributed by atoms with Crippen LogP contribution in [0.5, 0.6) is 0 Å². The molecule has 0 bridgehead atoms. The van der Waals surface area contributed by atoms with Gasteiger partial charge in [-0.25, -0.2) is 0 Å². The number of hydrogen-bond donors (Lipinski definition) is 3. The van der Waals surface area contributed by atoms with E-state index in [0.717, 1.165) is 12.8 Å². The highest BCUT2D eigenvalue weighted by atomic mass is 16.5. The fourth-order valence-electron chi connectivity index (χ4n) is 4.75. The SMILES string of the molecule is CC[C@H](C)C(=O)O[C@H]1C[C@@H](C)C=C2C=C[C@H](C)[C@H](CCC(O)C[C@H](O)CC(=O)[O-])[C@H]21.[NH4+]. The zero-order chi connectivity index (χ0) is 22.4. The molecule has 8 atom stereocenters. The number of rotatable bonds is 10. The third kappa shape index (κ3) is 7.74. The monoisotopic (exact) mass is 439 g/mol. The Hall–Kier alpha value is -1.70. The van der Waals surface area contributed by atoms with Gasteiger partial charge in [-0.15, -0.1) is 0 Å². The van der Waals surface area contributed by atoms with Crippen LogP contribution < -0.4 is 11.3 Å². The highest BCUT2D eigenvalue weighted by Crippen LogP contribution is 2.45. The number of carboxylic acid groups (broad SMARTS) is 1. The Morgan fingerprint density at radius 1 is 1.26 bits per heavy atom. The highest BCUT2D eigenvalue weighted by Gasteiger charge is 2.41. The first-order valence-electron chi connectivity index (χ1n) is 11.3. The van der Waals surface area contributed by atoms with Crippen molar-refractivity contribution < 1.29 is 29.6 Å². The number of aliphatic carboxylic acids is 1. The van der Waals surface area contributed by atoms with Crippen molar-refractivity contribution in [3.8, 4) is 0 Å². The van der Waals surface area contributed by atoms with Crippen molar-refractivity contribution in [3.63, 3.8) is 0 Å². The summed E-state index contributed by atoms with van der Waals surface area (Å²) in [6, 6.07) is 0. The van der Waals surface area contributed by atoms with Gasteiger partial charge in [0, 0.05) is 18.3 Å². The molecule has 6 N–H and O–H groups in total. The number of allylic oxidation sites excluding steroid dienone is 3. The van der Waals surface area contributed by atoms with Gasteiger partial charge in [-0.2, -0.15) is 0 Å². The van der Waals surface area contributed by atoms with Crippen LogP contribution in [-0.4, -0.2) is 40.5 Å². The number of aliphatic hydroxyl groups excluding tert-OH is 2. The van der Waals surface area contributed by atoms with Gasteiger partial charge in [-0.3, -0.25) is 4.79 Å². The number of fused-ring (bicyclic) bond motifs is 1. The van der Waals surface area contributed by atoms with Crippen molar-refractivity contribution in [2.45, 2.75) is 84.5 Å². The Kier molecular flexibility index (Phi) is 10.9. The number of carbonyl (C=O) groups is 2. The number of carbonyl (C=O) groups excluding carboxylic acids is 2. The summed E-state index contributed by atoms with van der Waals surface area (Å²) < 4.78 is 5.99. The Labute approximate surface area is 186 Å². The molecular weight excluding hydrogens is 398 g/mol. The third-order valence-electron chi connectivity index (χ3n) is 6.66. The summed E-state index contributed by atoms with van der Waals surface area (Å²) in [6.07, 6.45) is 6.75. The number of carboxylic acids is 1. The Morgan fingerprint density at radius 2 is 1.94 bits per heavy atom. The van der Waals surface area contributed by atoms with E-state index in [-0.39, 0.29) is 48.3 Å². The van der Waals surface area contributed by atoms with Crippen LogP contribution in [0, 0.1) is 29.6 Å². The molecule has 0 amide bonds. The highest BCUT2D eigenvalue weighted by molar-refractivity contribution is 5.72. The molecule has 0 saturated heterocycles. The molecule has 0 heterocycles. The Morgan fingerprint density at radius 3 is 2.55 bits per heavy atom. The van der Waals surface area contributed by atoms with Crippen molar-refractivity contribution in [2.24, 2.45) is 29.6 Å². The van der Waals surface area contributed by atoms with Gasteiger partial charge in [0.1, 0.15) is 6.10 Å². The van der Waals surface area contributed by atoms with E-state index in [2.05, 4.69) is 32.1 Å². The molecule has 0 aromatic carbocycles. The van der Waals surface area contributed by atoms with Gasteiger partial charge in [0.05, 0.1) is 18.1 Å². The van der Waals surface area contributed by atoms with Crippen LogP contribution in [0.1, 0.15) is 66.2 Å². The molecule has 2 rings (SSSR count). The van der Waals surface area contributed by atoms with Crippen LogP contribution in [0.15, 0.2) is 23.8 Å². The van der Waals surface area contributed by atoms with E-state index in [4.69, 9.17) is 4.74 Å². The fourth-order valence-corrected chi connectivity index (χ4v) is 4.75. The maximum absolute atomic E-state index is 12.5. The summed E-state index contributed by atoms with van der Waals surface area (Å²) in [6.45, 7) is 8.14. The molecule has 0 aromatic heterocycles. The van der Waals surface area contributed by atoms with E-state index in [9.17, 15) is 24.9 Å². The summed E-state index contributed by atoms with van der Waals surface area (Å²) in [5, 5.41) is 30.7. The molecule has 2 aliphatic rings. The maximum Gasteiger partial charge on any atom is 0.308 e. The predicted molar refractivity (Wildman–Crippen MR) is 118 cm³/mol. The molecule has 0 radical (unpaired) electrons. The number of hydrogen-bond acceptors (Lipinski definition) is 6. The summed E-state index contributed by atoms with van der Waals surface area (Å²) in [7, 11) is 0. The molecule has 2 aliphatic carbocycles. The fraction of sp³-hybridized carbons (Fsp3) is 0.750. The normalized spacial score (nSPS) is 30.3. The quantitative estimate of drug-likeness (QED) is 0.447. The van der Waals surface area contributed by atoms with Crippen LogP contribution in [-0.2, 0) is 14.3 Å². The van der Waals surface area contributed by atoms with Crippen molar-refractivity contribution in [1.29, 1.82) is 0 Å². The van der Waals surface area contributed by atoms with Gasteiger partial charge in [0.15, 0.2) is 0 Å². The summed E-state index contributed by atoms with van der Waals surface area (Å²) in [5.74, 6) is -0.705. The summed E-state index contributed by atoms with van der Waals surface area (Å²) in [4.78, 5) is 23.1. The van der Waals surface area contributed by atoms with E-state index in [1.807, 2.05) is 13.8 Å². The van der Waals surface area contributed by atoms with Gasteiger partial charge in [0.25, 0.3) is 0 Å². The lowest BCUT2D eigenvalue weighted by Gasteiger charge is -2.43. The second-order valence-electron chi connectivity index (χ2n) is 9.27. The summed E-state index contributed by atoms with van der Waals surface area (Å²) in [5.41, 5.74) is 1.20. The predicted octanol–water partition coefficient (Wildman–Crippen LogP) is 2.76. The minimum absolute atomic E-state index is 0. The molecular formula is C24H41NO6. The molecule has 0 fully saturated rings. The van der Waals surface area contributed by atoms with E-state index in [1.165, 1.54) is 5.57 Å². The van der Waals surface area contributed by atoms with Crippen LogP contribution in [0.25, 0.3) is 0 Å². The van der Waals surface area contributed by atoms with Crippen molar-refractivity contribution in [2.75, 3.05) is 0 Å². The van der Waals surface area contributed by atoms with Gasteiger partial charge < -0.3 is 31.0 Å². The van der Waals surface area contributed by atoms with Gasteiger partial charge in [-0.1, -0.05) is 45.9 Å². The minimum Gasteiger partial charge on any atom is -0.550 e. The number of esters is 1. The average molecular weight is 440 g/mol. The molecule has 0 saturated carbocycles. The van der Waals surface area contributed by atoms with Crippen molar-refractivity contribution >= 4 is 11.9 Å². The average Bonchev–Trinajstić information content (AvgIpc) is 2.65. The van der Waals surface area contributed by atoms with E-state index in [0.29, 0.717) is 18.8 Å². The van der Waals surface area contributed by atoms with Crippen molar-refractivity contribution in [3.05, 3.63) is 23.8 Å². The van der Waals surface area contributed by atoms with E-state index < -0.39 is 24.6 Å². The van der Waals surface area contributed by atoms with Gasteiger partial charge in [-0.05, 0) is 55.4 Å². The Balaban J connectivity index is 0.00000480. The maximum atomic E-state index is 12.5. The topological polar surface area (TPSA) is 143 Å². The van der Waals surface area contributed by atoms with E-state index >= 15 is 0 Å². The molecule has 0 aromatic rings. The lowest BCUT2D eigenvalue weighted by atomic mass is 9.65. The third-order valence-corrected chi connectivity index (χ3v) is 6.66. The second kappa shape index (κ2) is 12.4. The van der Waals surface area contributed by atoms with Crippen LogP contribution in [0.4, 0.5) is 0 Å². The smallest absolute Gasteiger partial charge is 0.308 e. The zero-order valence-corrected chi connectivity index (χ0v) is 19.6. The molecule has 7 nitrogen and oxygen atoms in total. The van der Waals surface area contributed by atoms with Crippen LogP contribution in [0.2, 0.25) is 0 Å². The first-order chi connectivity index (χ1) is 14.1. The Bertz CT molecular complexity index is 660. The van der Waals surface area contributed by atoms with E-state index in [1.54, 1.807) is 0 Å². The first-order valence-corrected chi connectivity index (χ1v) is 11.3. The van der Waals surface area contributed by atoms with Gasteiger partial charge >= 0.3 is 5.97 Å². The second-order valence-corrected chi connectivity index (χ2v) is 9.27. The van der Waals surface area contributed by atoms with Crippen LogP contribution >= 0.6 is 0 Å². The largest absolute Gasteiger partial charge is 0.550 e. The number of quaternary nitrogens is 1. The van der Waals surface area contributed by atoms with Crippen molar-refractivity contribution in [1.82, 2.24) is 6.15 Å². The number of aliphatic hydroxyl groups is 2. The zero-order valence-electron chi connectivity index (χ0n) is 19.6.